The maximum Gasteiger partial charge on any atom is 0.277 e. The second kappa shape index (κ2) is 9.32. The van der Waals surface area contributed by atoms with Crippen LogP contribution in [0.1, 0.15) is 48.3 Å². The second-order valence-electron chi connectivity index (χ2n) is 9.52. The van der Waals surface area contributed by atoms with Gasteiger partial charge >= 0.3 is 0 Å². The van der Waals surface area contributed by atoms with Gasteiger partial charge in [0, 0.05) is 23.3 Å². The number of carbonyl (C=O) groups is 2. The minimum absolute atomic E-state index is 0.188. The molecule has 8 heteroatoms. The number of nitrogens with one attached hydrogen (secondary N) is 1. The molecule has 0 aliphatic carbocycles. The predicted molar refractivity (Wildman–Crippen MR) is 139 cm³/mol. The zero-order chi connectivity index (χ0) is 25.4. The summed E-state index contributed by atoms with van der Waals surface area (Å²) in [6.07, 6.45) is 1.56. The van der Waals surface area contributed by atoms with Crippen LogP contribution in [0.5, 0.6) is 0 Å². The smallest absolute Gasteiger partial charge is 0.277 e. The molecule has 184 valence electrons. The quantitative estimate of drug-likeness (QED) is 0.369. The molecule has 1 atom stereocenters. The third kappa shape index (κ3) is 4.31. The van der Waals surface area contributed by atoms with Gasteiger partial charge in [-0.1, -0.05) is 49.7 Å². The highest BCUT2D eigenvalue weighted by Gasteiger charge is 2.49. The van der Waals surface area contributed by atoms with Crippen molar-refractivity contribution in [2.24, 2.45) is 0 Å². The molecule has 5 rings (SSSR count). The number of anilines is 1. The summed E-state index contributed by atoms with van der Waals surface area (Å²) >= 11 is 5.99. The molecule has 2 aromatic heterocycles. The van der Waals surface area contributed by atoms with Gasteiger partial charge < -0.3 is 9.73 Å². The second-order valence-corrected chi connectivity index (χ2v) is 9.96. The summed E-state index contributed by atoms with van der Waals surface area (Å²) in [6.45, 7) is 6.50. The van der Waals surface area contributed by atoms with Crippen LogP contribution in [-0.4, -0.2) is 27.1 Å². The van der Waals surface area contributed by atoms with Gasteiger partial charge in [0.15, 0.2) is 5.76 Å². The number of furan rings is 1. The van der Waals surface area contributed by atoms with Crippen LogP contribution in [0.3, 0.4) is 0 Å². The van der Waals surface area contributed by atoms with E-state index in [0.717, 1.165) is 11.1 Å². The van der Waals surface area contributed by atoms with Gasteiger partial charge in [-0.3, -0.25) is 19.2 Å². The summed E-state index contributed by atoms with van der Waals surface area (Å²) in [6, 6.07) is 20.4. The first-order valence-electron chi connectivity index (χ1n) is 11.9. The Balaban J connectivity index is 1.52. The van der Waals surface area contributed by atoms with E-state index in [4.69, 9.17) is 16.0 Å². The van der Waals surface area contributed by atoms with Crippen LogP contribution in [0, 0.1) is 0 Å². The Morgan fingerprint density at radius 3 is 2.50 bits per heavy atom. The summed E-state index contributed by atoms with van der Waals surface area (Å²) in [7, 11) is 0. The number of halogens is 1. The average Bonchev–Trinajstić information content (AvgIpc) is 3.54. The summed E-state index contributed by atoms with van der Waals surface area (Å²) < 4.78 is 7.08. The topological polar surface area (TPSA) is 80.4 Å². The highest BCUT2D eigenvalue weighted by atomic mass is 35.5. The normalized spacial score (nSPS) is 17.4. The summed E-state index contributed by atoms with van der Waals surface area (Å²) in [5.41, 5.74) is 2.44. The number of carbonyl (C=O) groups excluding carboxylic acids is 2. The van der Waals surface area contributed by atoms with Crippen LogP contribution in [0.25, 0.3) is 11.5 Å². The molecule has 0 unspecified atom stereocenters. The zero-order valence-corrected chi connectivity index (χ0v) is 21.1. The molecule has 0 fully saturated rings. The minimum Gasteiger partial charge on any atom is -0.463 e. The maximum atomic E-state index is 13.9. The lowest BCUT2D eigenvalue weighted by molar-refractivity contribution is -0.126. The number of benzene rings is 2. The third-order valence-electron chi connectivity index (χ3n) is 6.60. The Labute approximate surface area is 214 Å². The number of hydrogen-bond donors (Lipinski definition) is 1. The number of nitrogens with zero attached hydrogens (tertiary/aromatic N) is 3. The number of hydrogen-bond acceptors (Lipinski definition) is 4. The first-order chi connectivity index (χ1) is 17.3. The molecule has 3 heterocycles. The maximum absolute atomic E-state index is 13.9. The van der Waals surface area contributed by atoms with Crippen molar-refractivity contribution < 1.29 is 14.0 Å². The molecule has 0 spiro atoms. The molecule has 2 amide bonds. The molecule has 0 bridgehead atoms. The van der Waals surface area contributed by atoms with E-state index in [2.05, 4.69) is 24.3 Å². The fraction of sp³-hybridized carbons (Fsp3) is 0.250. The van der Waals surface area contributed by atoms with Crippen LogP contribution < -0.4 is 10.2 Å². The molecule has 7 nitrogen and oxygen atoms in total. The van der Waals surface area contributed by atoms with Crippen molar-refractivity contribution in [3.63, 3.8) is 0 Å². The van der Waals surface area contributed by atoms with Gasteiger partial charge in [-0.2, -0.15) is 5.10 Å². The molecule has 1 N–H and O–H groups in total. The van der Waals surface area contributed by atoms with Crippen LogP contribution in [0.4, 0.5) is 5.69 Å². The molecular formula is C28H27ClN4O3. The molecule has 4 aromatic rings. The van der Waals surface area contributed by atoms with Crippen molar-refractivity contribution in [1.29, 1.82) is 0 Å². The van der Waals surface area contributed by atoms with Gasteiger partial charge in [0.1, 0.15) is 16.9 Å². The van der Waals surface area contributed by atoms with E-state index in [1.165, 1.54) is 0 Å². The van der Waals surface area contributed by atoms with Crippen LogP contribution >= 0.6 is 11.6 Å². The highest BCUT2D eigenvalue weighted by molar-refractivity contribution is 6.30. The van der Waals surface area contributed by atoms with E-state index in [0.29, 0.717) is 40.3 Å². The number of fused-ring (bicyclic) bond motifs is 1. The van der Waals surface area contributed by atoms with E-state index in [9.17, 15) is 9.59 Å². The molecule has 2 aromatic carbocycles. The number of aromatic nitrogens is 2. The largest absolute Gasteiger partial charge is 0.463 e. The SMILES string of the molecule is CC(C)c1ccc(N2C(=O)c3cc(-c4ccco4)nn3C[C@]2(C)C(=O)NCc2ccc(Cl)cc2)cc1. The predicted octanol–water partition coefficient (Wildman–Crippen LogP) is 5.66. The van der Waals surface area contributed by atoms with Gasteiger partial charge in [-0.25, -0.2) is 0 Å². The Hall–Kier alpha value is -3.84. The lowest BCUT2D eigenvalue weighted by atomic mass is 9.93. The molecule has 0 radical (unpaired) electrons. The molecule has 1 aliphatic heterocycles. The monoisotopic (exact) mass is 502 g/mol. The fourth-order valence-electron chi connectivity index (χ4n) is 4.51. The van der Waals surface area contributed by atoms with Crippen molar-refractivity contribution >= 4 is 29.1 Å². The standard InChI is InChI=1S/C28H27ClN4O3/c1-18(2)20-8-12-22(13-9-20)33-26(34)24-15-23(25-5-4-14-36-25)31-32(24)17-28(33,3)27(35)30-16-19-6-10-21(29)11-7-19/h4-15,18H,16-17H2,1-3H3,(H,30,35)/t28-/m1/s1. The van der Waals surface area contributed by atoms with Gasteiger partial charge in [0.25, 0.3) is 5.91 Å². The van der Waals surface area contributed by atoms with Crippen molar-refractivity contribution in [3.8, 4) is 11.5 Å². The molecule has 1 aliphatic rings. The van der Waals surface area contributed by atoms with Gasteiger partial charge in [-0.15, -0.1) is 0 Å². The van der Waals surface area contributed by atoms with Crippen molar-refractivity contribution in [2.75, 3.05) is 4.90 Å². The number of rotatable bonds is 6. The third-order valence-corrected chi connectivity index (χ3v) is 6.85. The van der Waals surface area contributed by atoms with E-state index in [-0.39, 0.29) is 18.4 Å². The summed E-state index contributed by atoms with van der Waals surface area (Å²) in [5, 5.41) is 8.23. The molecular weight excluding hydrogens is 476 g/mol. The van der Waals surface area contributed by atoms with Gasteiger partial charge in [-0.05, 0) is 60.4 Å². The van der Waals surface area contributed by atoms with Crippen molar-refractivity contribution in [2.45, 2.75) is 45.3 Å². The van der Waals surface area contributed by atoms with E-state index >= 15 is 0 Å². The van der Waals surface area contributed by atoms with E-state index in [1.54, 1.807) is 53.1 Å². The van der Waals surface area contributed by atoms with E-state index in [1.807, 2.05) is 36.4 Å². The molecule has 36 heavy (non-hydrogen) atoms. The lowest BCUT2D eigenvalue weighted by Gasteiger charge is -2.43. The van der Waals surface area contributed by atoms with Crippen LogP contribution in [-0.2, 0) is 17.9 Å². The minimum atomic E-state index is -1.22. The Morgan fingerprint density at radius 1 is 1.14 bits per heavy atom. The average molecular weight is 503 g/mol. The van der Waals surface area contributed by atoms with Crippen molar-refractivity contribution in [3.05, 3.63) is 94.8 Å². The lowest BCUT2D eigenvalue weighted by Crippen LogP contribution is -2.64. The van der Waals surface area contributed by atoms with Gasteiger partial charge in [0.2, 0.25) is 5.91 Å². The first-order valence-corrected chi connectivity index (χ1v) is 12.2. The Kier molecular flexibility index (Phi) is 6.18. The van der Waals surface area contributed by atoms with Gasteiger partial charge in [0.05, 0.1) is 12.8 Å². The molecule has 0 saturated carbocycles. The first kappa shape index (κ1) is 23.9. The van der Waals surface area contributed by atoms with Crippen LogP contribution in [0.15, 0.2) is 77.4 Å². The van der Waals surface area contributed by atoms with Crippen LogP contribution in [0.2, 0.25) is 5.02 Å². The van der Waals surface area contributed by atoms with Crippen molar-refractivity contribution in [1.82, 2.24) is 15.1 Å². The molecule has 0 saturated heterocycles. The summed E-state index contributed by atoms with van der Waals surface area (Å²) in [5.74, 6) is 0.335. The number of amides is 2. The Morgan fingerprint density at radius 2 is 1.86 bits per heavy atom. The zero-order valence-electron chi connectivity index (χ0n) is 20.4. The van der Waals surface area contributed by atoms with E-state index < -0.39 is 5.54 Å². The highest BCUT2D eigenvalue weighted by Crippen LogP contribution is 2.35. The fourth-order valence-corrected chi connectivity index (χ4v) is 4.64. The summed E-state index contributed by atoms with van der Waals surface area (Å²) in [4.78, 5) is 29.2. The Bertz CT molecular complexity index is 1390.